The van der Waals surface area contributed by atoms with Crippen molar-refractivity contribution in [2.75, 3.05) is 34.0 Å². The van der Waals surface area contributed by atoms with E-state index >= 15 is 0 Å². The summed E-state index contributed by atoms with van der Waals surface area (Å²) in [6, 6.07) is 12.0. The van der Waals surface area contributed by atoms with Gasteiger partial charge in [0.15, 0.2) is 0 Å². The van der Waals surface area contributed by atoms with Crippen LogP contribution in [0.5, 0.6) is 11.5 Å². The second-order valence-electron chi connectivity index (χ2n) is 5.85. The number of nitrogens with zero attached hydrogens (tertiary/aromatic N) is 2. The molecule has 0 saturated carbocycles. The molecule has 27 heavy (non-hydrogen) atoms. The van der Waals surface area contributed by atoms with Gasteiger partial charge in [0, 0.05) is 13.1 Å². The highest BCUT2D eigenvalue weighted by molar-refractivity contribution is 7.90. The molecule has 3 rings (SSSR count). The van der Waals surface area contributed by atoms with E-state index < -0.39 is 20.0 Å². The zero-order valence-electron chi connectivity index (χ0n) is 14.9. The minimum Gasteiger partial charge on any atom is -0.497 e. The molecular weight excluding hydrogens is 392 g/mol. The van der Waals surface area contributed by atoms with Gasteiger partial charge in [0.05, 0.1) is 30.7 Å². The highest BCUT2D eigenvalue weighted by Crippen LogP contribution is 2.26. The van der Waals surface area contributed by atoms with E-state index in [1.807, 2.05) is 0 Å². The Kier molecular flexibility index (Phi) is 5.43. The van der Waals surface area contributed by atoms with Crippen LogP contribution in [0.3, 0.4) is 0 Å². The molecule has 1 aliphatic rings. The lowest BCUT2D eigenvalue weighted by Crippen LogP contribution is -2.34. The van der Waals surface area contributed by atoms with Crippen LogP contribution >= 0.6 is 0 Å². The Morgan fingerprint density at radius 1 is 0.667 bits per heavy atom. The summed E-state index contributed by atoms with van der Waals surface area (Å²) in [5.74, 6) is 1.08. The quantitative estimate of drug-likeness (QED) is 0.711. The van der Waals surface area contributed by atoms with Crippen LogP contribution in [0.4, 0.5) is 0 Å². The summed E-state index contributed by atoms with van der Waals surface area (Å²) in [6.07, 6.45) is 0. The van der Waals surface area contributed by atoms with Crippen molar-refractivity contribution in [2.45, 2.75) is 9.79 Å². The molecule has 0 atom stereocenters. The van der Waals surface area contributed by atoms with Gasteiger partial charge in [0.1, 0.15) is 11.5 Å². The third-order valence-electron chi connectivity index (χ3n) is 4.31. The zero-order valence-corrected chi connectivity index (χ0v) is 16.5. The second kappa shape index (κ2) is 7.47. The Hall–Kier alpha value is -2.14. The van der Waals surface area contributed by atoms with Crippen molar-refractivity contribution in [3.63, 3.8) is 0 Å². The summed E-state index contributed by atoms with van der Waals surface area (Å²) >= 11 is 0. The number of hydrogen-bond donors (Lipinski definition) is 0. The first-order chi connectivity index (χ1) is 12.8. The van der Waals surface area contributed by atoms with E-state index in [-0.39, 0.29) is 29.5 Å². The first-order valence-electron chi connectivity index (χ1n) is 8.07. The molecule has 1 saturated heterocycles. The predicted octanol–water partition coefficient (Wildman–Crippen LogP) is 1.36. The summed E-state index contributed by atoms with van der Waals surface area (Å²) in [5.41, 5.74) is 0. The Bertz CT molecular complexity index is 919. The van der Waals surface area contributed by atoms with Gasteiger partial charge in [-0.2, -0.15) is 8.61 Å². The summed E-state index contributed by atoms with van der Waals surface area (Å²) < 4.78 is 63.5. The van der Waals surface area contributed by atoms with Gasteiger partial charge < -0.3 is 9.47 Å². The van der Waals surface area contributed by atoms with Gasteiger partial charge in [-0.25, -0.2) is 16.8 Å². The van der Waals surface area contributed by atoms with Gasteiger partial charge in [0.25, 0.3) is 0 Å². The molecule has 0 N–H and O–H groups in total. The zero-order chi connectivity index (χ0) is 19.7. The summed E-state index contributed by atoms with van der Waals surface area (Å²) in [7, 11) is -4.61. The second-order valence-corrected chi connectivity index (χ2v) is 9.73. The largest absolute Gasteiger partial charge is 0.497 e. The first kappa shape index (κ1) is 19.6. The fourth-order valence-corrected chi connectivity index (χ4v) is 5.58. The van der Waals surface area contributed by atoms with Crippen molar-refractivity contribution < 1.29 is 26.3 Å². The molecule has 10 heteroatoms. The molecule has 1 heterocycles. The topological polar surface area (TPSA) is 93.2 Å². The number of benzene rings is 2. The van der Waals surface area contributed by atoms with Crippen molar-refractivity contribution in [3.8, 4) is 11.5 Å². The average Bonchev–Trinajstić information content (AvgIpc) is 3.20. The maximum absolute atomic E-state index is 12.8. The molecule has 2 aromatic rings. The fourth-order valence-electron chi connectivity index (χ4n) is 2.73. The standard InChI is InChI=1S/C17H20N2O6S2/c1-24-14-3-7-16(8-4-14)26(20,21)18-11-12-19(13-18)27(22,23)17-9-5-15(25-2)6-10-17/h3-10H,11-13H2,1-2H3. The maximum Gasteiger partial charge on any atom is 0.244 e. The van der Waals surface area contributed by atoms with Crippen LogP contribution in [0.2, 0.25) is 0 Å². The van der Waals surface area contributed by atoms with Crippen molar-refractivity contribution in [1.29, 1.82) is 0 Å². The van der Waals surface area contributed by atoms with Gasteiger partial charge in [-0.15, -0.1) is 0 Å². The van der Waals surface area contributed by atoms with E-state index in [2.05, 4.69) is 0 Å². The summed E-state index contributed by atoms with van der Waals surface area (Å²) in [6.45, 7) is -0.0593. The lowest BCUT2D eigenvalue weighted by Gasteiger charge is -2.18. The molecule has 0 spiro atoms. The smallest absolute Gasteiger partial charge is 0.244 e. The maximum atomic E-state index is 12.8. The first-order valence-corrected chi connectivity index (χ1v) is 11.0. The monoisotopic (exact) mass is 412 g/mol. The van der Waals surface area contributed by atoms with Crippen molar-refractivity contribution in [3.05, 3.63) is 48.5 Å². The number of sulfonamides is 2. The molecule has 0 unspecified atom stereocenters. The van der Waals surface area contributed by atoms with Crippen LogP contribution in [-0.4, -0.2) is 59.4 Å². The van der Waals surface area contributed by atoms with Crippen LogP contribution in [0.1, 0.15) is 0 Å². The van der Waals surface area contributed by atoms with Crippen LogP contribution in [0.25, 0.3) is 0 Å². The van der Waals surface area contributed by atoms with Crippen LogP contribution in [-0.2, 0) is 20.0 Å². The Labute approximate surface area is 159 Å². The van der Waals surface area contributed by atoms with Crippen molar-refractivity contribution >= 4 is 20.0 Å². The van der Waals surface area contributed by atoms with E-state index in [4.69, 9.17) is 9.47 Å². The van der Waals surface area contributed by atoms with Gasteiger partial charge in [-0.3, -0.25) is 0 Å². The highest BCUT2D eigenvalue weighted by atomic mass is 32.2. The Morgan fingerprint density at radius 3 is 1.30 bits per heavy atom. The number of methoxy groups -OCH3 is 2. The average molecular weight is 412 g/mol. The predicted molar refractivity (Wildman–Crippen MR) is 98.6 cm³/mol. The van der Waals surface area contributed by atoms with E-state index in [1.54, 1.807) is 24.3 Å². The summed E-state index contributed by atoms with van der Waals surface area (Å²) in [4.78, 5) is 0.180. The van der Waals surface area contributed by atoms with Crippen LogP contribution < -0.4 is 9.47 Å². The van der Waals surface area contributed by atoms with Gasteiger partial charge >= 0.3 is 0 Å². The normalized spacial score (nSPS) is 16.4. The van der Waals surface area contributed by atoms with Crippen LogP contribution in [0, 0.1) is 0 Å². The van der Waals surface area contributed by atoms with Crippen molar-refractivity contribution in [1.82, 2.24) is 8.61 Å². The molecule has 0 radical (unpaired) electrons. The third kappa shape index (κ3) is 3.79. The number of rotatable bonds is 6. The van der Waals surface area contributed by atoms with Gasteiger partial charge in [0.2, 0.25) is 20.0 Å². The van der Waals surface area contributed by atoms with E-state index in [0.29, 0.717) is 11.5 Å². The summed E-state index contributed by atoms with van der Waals surface area (Å²) in [5, 5.41) is 0. The number of hydrogen-bond acceptors (Lipinski definition) is 6. The molecule has 0 aromatic heterocycles. The minimum atomic E-state index is -3.80. The van der Waals surface area contributed by atoms with E-state index in [1.165, 1.54) is 38.5 Å². The van der Waals surface area contributed by atoms with Gasteiger partial charge in [-0.1, -0.05) is 0 Å². The lowest BCUT2D eigenvalue weighted by atomic mass is 10.3. The third-order valence-corrected chi connectivity index (χ3v) is 8.00. The molecule has 1 fully saturated rings. The highest BCUT2D eigenvalue weighted by Gasteiger charge is 2.37. The molecular formula is C17H20N2O6S2. The lowest BCUT2D eigenvalue weighted by molar-refractivity contribution is 0.410. The van der Waals surface area contributed by atoms with E-state index in [9.17, 15) is 16.8 Å². The molecule has 146 valence electrons. The van der Waals surface area contributed by atoms with Crippen LogP contribution in [0.15, 0.2) is 58.3 Å². The molecule has 2 aromatic carbocycles. The Balaban J connectivity index is 1.80. The fraction of sp³-hybridized carbons (Fsp3) is 0.294. The van der Waals surface area contributed by atoms with Gasteiger partial charge in [-0.05, 0) is 48.5 Å². The molecule has 0 aliphatic carbocycles. The number of ether oxygens (including phenoxy) is 2. The Morgan fingerprint density at radius 2 is 1.00 bits per heavy atom. The molecule has 8 nitrogen and oxygen atoms in total. The SMILES string of the molecule is COc1ccc(S(=O)(=O)N2CCN(S(=O)(=O)c3ccc(OC)cc3)C2)cc1. The van der Waals surface area contributed by atoms with E-state index in [0.717, 1.165) is 8.61 Å². The molecule has 0 amide bonds. The molecule has 1 aliphatic heterocycles. The van der Waals surface area contributed by atoms with Crippen molar-refractivity contribution in [2.24, 2.45) is 0 Å². The molecule has 0 bridgehead atoms. The minimum absolute atomic E-state index is 0.0871.